The van der Waals surface area contributed by atoms with E-state index in [0.717, 1.165) is 0 Å². The molecule has 0 saturated carbocycles. The lowest BCUT2D eigenvalue weighted by molar-refractivity contribution is -0.137. The Labute approximate surface area is 124 Å². The molecule has 0 aliphatic carbocycles. The molecule has 1 amide bonds. The number of piperidine rings is 1. The van der Waals surface area contributed by atoms with Gasteiger partial charge >= 0.3 is 6.18 Å². The summed E-state index contributed by atoms with van der Waals surface area (Å²) in [7, 11) is 0. The van der Waals surface area contributed by atoms with Crippen molar-refractivity contribution in [2.45, 2.75) is 19.0 Å². The molecule has 9 heteroatoms. The van der Waals surface area contributed by atoms with Gasteiger partial charge in [-0.15, -0.1) is 12.4 Å². The van der Waals surface area contributed by atoms with Gasteiger partial charge in [-0.2, -0.15) is 13.2 Å². The molecule has 1 aliphatic heterocycles. The van der Waals surface area contributed by atoms with Crippen molar-refractivity contribution >= 4 is 24.0 Å². The Morgan fingerprint density at radius 3 is 2.48 bits per heavy atom. The molecule has 3 N–H and O–H groups in total. The van der Waals surface area contributed by atoms with Crippen molar-refractivity contribution in [1.29, 1.82) is 0 Å². The topological polar surface area (TPSA) is 74.0 Å². The van der Waals surface area contributed by atoms with Gasteiger partial charge in [0, 0.05) is 12.1 Å². The van der Waals surface area contributed by atoms with Gasteiger partial charge in [0.1, 0.15) is 5.69 Å². The number of rotatable bonds is 2. The fourth-order valence-electron chi connectivity index (χ4n) is 2.06. The molecule has 1 aromatic heterocycles. The Hall–Kier alpha value is -1.54. The van der Waals surface area contributed by atoms with E-state index >= 15 is 0 Å². The number of nitrogens with one attached hydrogen (secondary N) is 3. The molecule has 5 nitrogen and oxygen atoms in total. The number of alkyl halides is 3. The van der Waals surface area contributed by atoms with Crippen molar-refractivity contribution in [1.82, 2.24) is 10.3 Å². The van der Waals surface area contributed by atoms with Crippen molar-refractivity contribution in [2.24, 2.45) is 5.92 Å². The minimum atomic E-state index is -4.57. The zero-order valence-electron chi connectivity index (χ0n) is 10.9. The number of hydrogen-bond donors (Lipinski definition) is 3. The van der Waals surface area contributed by atoms with Crippen LogP contribution in [0.4, 0.5) is 18.9 Å². The lowest BCUT2D eigenvalue weighted by Crippen LogP contribution is -2.35. The van der Waals surface area contributed by atoms with Gasteiger partial charge in [-0.25, -0.2) is 0 Å². The third-order valence-corrected chi connectivity index (χ3v) is 3.20. The second-order valence-electron chi connectivity index (χ2n) is 4.64. The number of anilines is 1. The molecule has 0 spiro atoms. The Morgan fingerprint density at radius 2 is 1.90 bits per heavy atom. The van der Waals surface area contributed by atoms with Crippen LogP contribution in [0, 0.1) is 5.92 Å². The summed E-state index contributed by atoms with van der Waals surface area (Å²) in [6.45, 7) is 1.36. The van der Waals surface area contributed by atoms with Gasteiger partial charge in [0.15, 0.2) is 0 Å². The van der Waals surface area contributed by atoms with Crippen molar-refractivity contribution in [2.75, 3.05) is 18.4 Å². The predicted molar refractivity (Wildman–Crippen MR) is 73.5 cm³/mol. The SMILES string of the molecule is Cl.O=C(Nc1cc(C(F)(F)F)c[nH]c1=O)C1CCNCC1. The summed E-state index contributed by atoms with van der Waals surface area (Å²) < 4.78 is 37.6. The average Bonchev–Trinajstić information content (AvgIpc) is 2.41. The van der Waals surface area contributed by atoms with E-state index in [9.17, 15) is 22.8 Å². The fraction of sp³-hybridized carbons (Fsp3) is 0.500. The zero-order valence-corrected chi connectivity index (χ0v) is 11.7. The molecule has 2 heterocycles. The molecular weight excluding hydrogens is 311 g/mol. The number of H-pyrrole nitrogens is 1. The first-order valence-corrected chi connectivity index (χ1v) is 6.19. The van der Waals surface area contributed by atoms with E-state index in [4.69, 9.17) is 0 Å². The number of aromatic amines is 1. The van der Waals surface area contributed by atoms with Crippen LogP contribution in [-0.2, 0) is 11.0 Å². The first kappa shape index (κ1) is 17.5. The summed E-state index contributed by atoms with van der Waals surface area (Å²) in [6.07, 6.45) is -2.79. The standard InChI is InChI=1S/C12H14F3N3O2.ClH/c13-12(14,15)8-5-9(11(20)17-6-8)18-10(19)7-1-3-16-4-2-7;/h5-7,16H,1-4H2,(H,17,20)(H,18,19);1H. The molecule has 1 aliphatic rings. The van der Waals surface area contributed by atoms with Gasteiger partial charge in [-0.3, -0.25) is 9.59 Å². The third-order valence-electron chi connectivity index (χ3n) is 3.20. The first-order chi connectivity index (χ1) is 9.38. The van der Waals surface area contributed by atoms with Gasteiger partial charge in [-0.1, -0.05) is 0 Å². The number of amides is 1. The molecule has 1 saturated heterocycles. The van der Waals surface area contributed by atoms with Crippen LogP contribution in [0.25, 0.3) is 0 Å². The summed E-state index contributed by atoms with van der Waals surface area (Å²) in [5, 5.41) is 5.36. The molecule has 21 heavy (non-hydrogen) atoms. The van der Waals surface area contributed by atoms with Crippen LogP contribution < -0.4 is 16.2 Å². The van der Waals surface area contributed by atoms with Crippen molar-refractivity contribution < 1.29 is 18.0 Å². The maximum absolute atomic E-state index is 12.5. The molecule has 0 atom stereocenters. The Bertz CT molecular complexity index is 553. The third kappa shape index (κ3) is 4.47. The van der Waals surface area contributed by atoms with Gasteiger partial charge in [0.25, 0.3) is 5.56 Å². The average molecular weight is 326 g/mol. The monoisotopic (exact) mass is 325 g/mol. The van der Waals surface area contributed by atoms with Gasteiger partial charge in [-0.05, 0) is 32.0 Å². The second-order valence-corrected chi connectivity index (χ2v) is 4.64. The van der Waals surface area contributed by atoms with Crippen LogP contribution in [0.15, 0.2) is 17.1 Å². The minimum Gasteiger partial charge on any atom is -0.327 e. The van der Waals surface area contributed by atoms with E-state index in [2.05, 4.69) is 10.6 Å². The highest BCUT2D eigenvalue weighted by atomic mass is 35.5. The quantitative estimate of drug-likeness (QED) is 0.775. The summed E-state index contributed by atoms with van der Waals surface area (Å²) in [5.74, 6) is -0.707. The summed E-state index contributed by atoms with van der Waals surface area (Å²) in [6, 6.07) is 0.651. The van der Waals surface area contributed by atoms with Crippen LogP contribution in [0.5, 0.6) is 0 Å². The Morgan fingerprint density at radius 1 is 1.29 bits per heavy atom. The largest absolute Gasteiger partial charge is 0.417 e. The van der Waals surface area contributed by atoms with E-state index < -0.39 is 23.2 Å². The normalized spacial score (nSPS) is 16.1. The fourth-order valence-corrected chi connectivity index (χ4v) is 2.06. The highest BCUT2D eigenvalue weighted by molar-refractivity contribution is 5.92. The molecular formula is C12H15ClF3N3O2. The number of carbonyl (C=O) groups excluding carboxylic acids is 1. The lowest BCUT2D eigenvalue weighted by atomic mass is 9.97. The number of halogens is 4. The minimum absolute atomic E-state index is 0. The summed E-state index contributed by atoms with van der Waals surface area (Å²) >= 11 is 0. The van der Waals surface area contributed by atoms with E-state index in [-0.39, 0.29) is 24.0 Å². The Balaban J connectivity index is 0.00000220. The summed E-state index contributed by atoms with van der Waals surface area (Å²) in [5.41, 5.74) is -2.12. The summed E-state index contributed by atoms with van der Waals surface area (Å²) in [4.78, 5) is 25.4. The van der Waals surface area contributed by atoms with Gasteiger partial charge in [0.05, 0.1) is 5.56 Å². The van der Waals surface area contributed by atoms with Crippen LogP contribution in [-0.4, -0.2) is 24.0 Å². The lowest BCUT2D eigenvalue weighted by Gasteiger charge is -2.21. The van der Waals surface area contributed by atoms with E-state index in [0.29, 0.717) is 38.2 Å². The van der Waals surface area contributed by atoms with Gasteiger partial charge < -0.3 is 15.6 Å². The number of pyridine rings is 1. The number of aromatic nitrogens is 1. The molecule has 1 fully saturated rings. The van der Waals surface area contributed by atoms with Crippen molar-refractivity contribution in [3.05, 3.63) is 28.2 Å². The molecule has 2 rings (SSSR count). The molecule has 1 aromatic rings. The van der Waals surface area contributed by atoms with Crippen LogP contribution in [0.1, 0.15) is 18.4 Å². The van der Waals surface area contributed by atoms with Gasteiger partial charge in [0.2, 0.25) is 5.91 Å². The smallest absolute Gasteiger partial charge is 0.327 e. The number of carbonyl (C=O) groups is 1. The highest BCUT2D eigenvalue weighted by Gasteiger charge is 2.32. The van der Waals surface area contributed by atoms with Crippen molar-refractivity contribution in [3.8, 4) is 0 Å². The number of hydrogen-bond acceptors (Lipinski definition) is 3. The van der Waals surface area contributed by atoms with E-state index in [1.54, 1.807) is 0 Å². The molecule has 0 radical (unpaired) electrons. The second kappa shape index (κ2) is 6.95. The molecule has 0 unspecified atom stereocenters. The highest BCUT2D eigenvalue weighted by Crippen LogP contribution is 2.29. The van der Waals surface area contributed by atoms with E-state index in [1.807, 2.05) is 4.98 Å². The maximum Gasteiger partial charge on any atom is 0.417 e. The van der Waals surface area contributed by atoms with Crippen LogP contribution >= 0.6 is 12.4 Å². The zero-order chi connectivity index (χ0) is 14.8. The van der Waals surface area contributed by atoms with E-state index in [1.165, 1.54) is 0 Å². The Kier molecular flexibility index (Phi) is 5.79. The maximum atomic E-state index is 12.5. The molecule has 0 aromatic carbocycles. The van der Waals surface area contributed by atoms with Crippen LogP contribution in [0.2, 0.25) is 0 Å². The first-order valence-electron chi connectivity index (χ1n) is 6.19. The molecule has 118 valence electrons. The van der Waals surface area contributed by atoms with Crippen molar-refractivity contribution in [3.63, 3.8) is 0 Å². The predicted octanol–water partition coefficient (Wildman–Crippen LogP) is 1.75. The van der Waals surface area contributed by atoms with Crippen LogP contribution in [0.3, 0.4) is 0 Å². The molecule has 0 bridgehead atoms.